The normalized spacial score (nSPS) is 18.1. The number of para-hydroxylation sites is 1. The fourth-order valence-corrected chi connectivity index (χ4v) is 2.04. The van der Waals surface area contributed by atoms with Gasteiger partial charge in [0.1, 0.15) is 5.75 Å². The van der Waals surface area contributed by atoms with E-state index in [4.69, 9.17) is 4.74 Å². The number of benzene rings is 1. The molecule has 17 heavy (non-hydrogen) atoms. The topological polar surface area (TPSA) is 50.4 Å². The highest BCUT2D eigenvalue weighted by atomic mass is 16.5. The molecule has 1 heterocycles. The van der Waals surface area contributed by atoms with Gasteiger partial charge >= 0.3 is 0 Å². The third-order valence-electron chi connectivity index (χ3n) is 2.85. The van der Waals surface area contributed by atoms with Crippen molar-refractivity contribution in [2.45, 2.75) is 19.4 Å². The number of ether oxygens (including phenoxy) is 1. The van der Waals surface area contributed by atoms with E-state index in [-0.39, 0.29) is 5.91 Å². The molecule has 0 saturated carbocycles. The van der Waals surface area contributed by atoms with Gasteiger partial charge in [0.2, 0.25) is 5.91 Å². The number of rotatable bonds is 4. The van der Waals surface area contributed by atoms with E-state index in [1.165, 1.54) is 12.5 Å². The van der Waals surface area contributed by atoms with Crippen LogP contribution in [0.1, 0.15) is 24.9 Å². The molecule has 2 N–H and O–H groups in total. The van der Waals surface area contributed by atoms with E-state index >= 15 is 0 Å². The van der Waals surface area contributed by atoms with Crippen molar-refractivity contribution in [1.29, 1.82) is 0 Å². The summed E-state index contributed by atoms with van der Waals surface area (Å²) in [6.45, 7) is 3.71. The summed E-state index contributed by atoms with van der Waals surface area (Å²) in [6.07, 6.45) is 0.969. The molecular formula is C13H18N2O2. The lowest BCUT2D eigenvalue weighted by Crippen LogP contribution is -2.34. The first-order valence-corrected chi connectivity index (χ1v) is 5.97. The summed E-state index contributed by atoms with van der Waals surface area (Å²) < 4.78 is 5.59. The van der Waals surface area contributed by atoms with Crippen LogP contribution in [0.4, 0.5) is 0 Å². The lowest BCUT2D eigenvalue weighted by atomic mass is 10.0. The first-order chi connectivity index (χ1) is 8.27. The number of carbonyl (C=O) groups excluding carboxylic acids is 1. The van der Waals surface area contributed by atoms with Crippen LogP contribution in [-0.2, 0) is 4.79 Å². The Labute approximate surface area is 101 Å². The van der Waals surface area contributed by atoms with E-state index in [0.29, 0.717) is 12.6 Å². The van der Waals surface area contributed by atoms with Gasteiger partial charge in [-0.2, -0.15) is 0 Å². The quantitative estimate of drug-likeness (QED) is 0.771. The molecule has 1 aliphatic rings. The minimum atomic E-state index is 0.0131. The standard InChI is InChI=1S/C13H18N2O2/c1-10(16)14-7-8-15-12-6-9-17-13-5-3-2-4-11(12)13/h2-5,12,15H,6-9H2,1H3,(H,14,16). The van der Waals surface area contributed by atoms with E-state index in [1.807, 2.05) is 18.2 Å². The van der Waals surface area contributed by atoms with Gasteiger partial charge < -0.3 is 15.4 Å². The predicted molar refractivity (Wildman–Crippen MR) is 66.0 cm³/mol. The summed E-state index contributed by atoms with van der Waals surface area (Å²) in [5.74, 6) is 0.981. The molecule has 1 amide bonds. The zero-order valence-corrected chi connectivity index (χ0v) is 10.0. The molecule has 0 aliphatic carbocycles. The first kappa shape index (κ1) is 11.9. The molecule has 0 aromatic heterocycles. The Bertz CT molecular complexity index is 393. The van der Waals surface area contributed by atoms with E-state index in [1.54, 1.807) is 0 Å². The molecule has 4 heteroatoms. The summed E-state index contributed by atoms with van der Waals surface area (Å²) in [6, 6.07) is 8.42. The Morgan fingerprint density at radius 3 is 3.06 bits per heavy atom. The summed E-state index contributed by atoms with van der Waals surface area (Å²) in [5.41, 5.74) is 1.21. The lowest BCUT2D eigenvalue weighted by Gasteiger charge is -2.26. The number of carbonyl (C=O) groups is 1. The lowest BCUT2D eigenvalue weighted by molar-refractivity contribution is -0.118. The smallest absolute Gasteiger partial charge is 0.216 e. The Morgan fingerprint density at radius 2 is 2.24 bits per heavy atom. The van der Waals surface area contributed by atoms with Gasteiger partial charge in [-0.25, -0.2) is 0 Å². The van der Waals surface area contributed by atoms with Gasteiger partial charge in [-0.05, 0) is 6.07 Å². The van der Waals surface area contributed by atoms with Crippen LogP contribution in [0.5, 0.6) is 5.75 Å². The number of hydrogen-bond donors (Lipinski definition) is 2. The van der Waals surface area contributed by atoms with Crippen LogP contribution >= 0.6 is 0 Å². The molecule has 0 spiro atoms. The number of hydrogen-bond acceptors (Lipinski definition) is 3. The minimum absolute atomic E-state index is 0.0131. The van der Waals surface area contributed by atoms with Crippen LogP contribution in [0.15, 0.2) is 24.3 Å². The van der Waals surface area contributed by atoms with Crippen LogP contribution < -0.4 is 15.4 Å². The monoisotopic (exact) mass is 234 g/mol. The van der Waals surface area contributed by atoms with E-state index in [0.717, 1.165) is 25.3 Å². The Hall–Kier alpha value is -1.55. The molecule has 0 fully saturated rings. The third kappa shape index (κ3) is 3.20. The Kier molecular flexibility index (Phi) is 3.98. The zero-order chi connectivity index (χ0) is 12.1. The van der Waals surface area contributed by atoms with Gasteiger partial charge in [0.25, 0.3) is 0 Å². The van der Waals surface area contributed by atoms with Crippen LogP contribution in [0.2, 0.25) is 0 Å². The Morgan fingerprint density at radius 1 is 1.41 bits per heavy atom. The highest BCUT2D eigenvalue weighted by Crippen LogP contribution is 2.31. The van der Waals surface area contributed by atoms with Gasteiger partial charge in [-0.3, -0.25) is 4.79 Å². The van der Waals surface area contributed by atoms with Gasteiger partial charge in [0, 0.05) is 38.0 Å². The molecule has 1 aromatic rings. The molecule has 0 bridgehead atoms. The largest absolute Gasteiger partial charge is 0.493 e. The second kappa shape index (κ2) is 5.68. The molecule has 0 radical (unpaired) electrons. The van der Waals surface area contributed by atoms with Crippen LogP contribution in [0.25, 0.3) is 0 Å². The molecule has 2 rings (SSSR count). The molecule has 92 valence electrons. The summed E-state index contributed by atoms with van der Waals surface area (Å²) in [7, 11) is 0. The van der Waals surface area contributed by atoms with Crippen molar-refractivity contribution in [1.82, 2.24) is 10.6 Å². The third-order valence-corrected chi connectivity index (χ3v) is 2.85. The van der Waals surface area contributed by atoms with E-state index in [2.05, 4.69) is 16.7 Å². The summed E-state index contributed by atoms with van der Waals surface area (Å²) in [4.78, 5) is 10.7. The van der Waals surface area contributed by atoms with Crippen molar-refractivity contribution in [3.05, 3.63) is 29.8 Å². The maximum Gasteiger partial charge on any atom is 0.216 e. The SMILES string of the molecule is CC(=O)NCCNC1CCOc2ccccc21. The number of fused-ring (bicyclic) bond motifs is 1. The van der Waals surface area contributed by atoms with Gasteiger partial charge in [-0.15, -0.1) is 0 Å². The highest BCUT2D eigenvalue weighted by molar-refractivity contribution is 5.72. The first-order valence-electron chi connectivity index (χ1n) is 5.97. The molecule has 1 aliphatic heterocycles. The van der Waals surface area contributed by atoms with Crippen LogP contribution in [0, 0.1) is 0 Å². The van der Waals surface area contributed by atoms with Crippen molar-refractivity contribution >= 4 is 5.91 Å². The molecule has 1 atom stereocenters. The second-order valence-corrected chi connectivity index (χ2v) is 4.16. The molecule has 4 nitrogen and oxygen atoms in total. The molecule has 1 aromatic carbocycles. The van der Waals surface area contributed by atoms with Crippen molar-refractivity contribution in [3.63, 3.8) is 0 Å². The molecule has 0 saturated heterocycles. The summed E-state index contributed by atoms with van der Waals surface area (Å²) >= 11 is 0. The fourth-order valence-electron chi connectivity index (χ4n) is 2.04. The maximum absolute atomic E-state index is 10.7. The maximum atomic E-state index is 10.7. The highest BCUT2D eigenvalue weighted by Gasteiger charge is 2.19. The van der Waals surface area contributed by atoms with Gasteiger partial charge in [-0.1, -0.05) is 18.2 Å². The molecule has 1 unspecified atom stereocenters. The zero-order valence-electron chi connectivity index (χ0n) is 10.0. The van der Waals surface area contributed by atoms with Gasteiger partial charge in [0.15, 0.2) is 0 Å². The fraction of sp³-hybridized carbons (Fsp3) is 0.462. The van der Waals surface area contributed by atoms with Crippen molar-refractivity contribution in [2.24, 2.45) is 0 Å². The van der Waals surface area contributed by atoms with Gasteiger partial charge in [0.05, 0.1) is 6.61 Å². The van der Waals surface area contributed by atoms with Crippen molar-refractivity contribution in [2.75, 3.05) is 19.7 Å². The van der Waals surface area contributed by atoms with E-state index in [9.17, 15) is 4.79 Å². The predicted octanol–water partition coefficient (Wildman–Crippen LogP) is 1.24. The van der Waals surface area contributed by atoms with Crippen molar-refractivity contribution < 1.29 is 9.53 Å². The average molecular weight is 234 g/mol. The molecular weight excluding hydrogens is 216 g/mol. The number of nitrogens with one attached hydrogen (secondary N) is 2. The van der Waals surface area contributed by atoms with Crippen molar-refractivity contribution in [3.8, 4) is 5.75 Å². The second-order valence-electron chi connectivity index (χ2n) is 4.16. The average Bonchev–Trinajstić information content (AvgIpc) is 2.34. The summed E-state index contributed by atoms with van der Waals surface area (Å²) in [5, 5.41) is 6.21. The van der Waals surface area contributed by atoms with E-state index < -0.39 is 0 Å². The van der Waals surface area contributed by atoms with Crippen LogP contribution in [-0.4, -0.2) is 25.6 Å². The minimum Gasteiger partial charge on any atom is -0.493 e. The number of amides is 1. The van der Waals surface area contributed by atoms with Crippen LogP contribution in [0.3, 0.4) is 0 Å². The Balaban J connectivity index is 1.88.